The Morgan fingerprint density at radius 2 is 2.00 bits per heavy atom. The first-order chi connectivity index (χ1) is 13.4. The molecule has 0 atom stereocenters. The zero-order chi connectivity index (χ0) is 20.1. The fourth-order valence-corrected chi connectivity index (χ4v) is 5.74. The summed E-state index contributed by atoms with van der Waals surface area (Å²) in [7, 11) is 0.176. The smallest absolute Gasteiger partial charge is 0.246 e. The summed E-state index contributed by atoms with van der Waals surface area (Å²) >= 11 is 1.78. The highest BCUT2D eigenvalue weighted by Gasteiger charge is 2.28. The summed E-state index contributed by atoms with van der Waals surface area (Å²) in [6.45, 7) is 2.73. The maximum absolute atomic E-state index is 12.5. The number of carbonyl (C=O) groups excluding carboxylic acids is 1. The molecule has 1 aromatic heterocycles. The van der Waals surface area contributed by atoms with Crippen molar-refractivity contribution in [3.63, 3.8) is 0 Å². The minimum absolute atomic E-state index is 0. The van der Waals surface area contributed by atoms with Crippen molar-refractivity contribution in [2.24, 2.45) is 12.0 Å². The average molecular weight is 557 g/mol. The van der Waals surface area contributed by atoms with Crippen LogP contribution in [0.5, 0.6) is 0 Å². The van der Waals surface area contributed by atoms with E-state index in [0.29, 0.717) is 32.1 Å². The van der Waals surface area contributed by atoms with Crippen LogP contribution in [0.4, 0.5) is 5.69 Å². The normalized spacial score (nSPS) is 19.2. The molecule has 164 valence electrons. The van der Waals surface area contributed by atoms with Gasteiger partial charge in [-0.1, -0.05) is 0 Å². The molecule has 0 bridgehead atoms. The zero-order valence-electron chi connectivity index (χ0n) is 16.7. The Balaban J connectivity index is 0.00000300. The molecule has 3 rings (SSSR count). The van der Waals surface area contributed by atoms with Crippen LogP contribution in [0.25, 0.3) is 0 Å². The van der Waals surface area contributed by atoms with Crippen LogP contribution in [0.1, 0.15) is 0 Å². The number of thioether (sulfide) groups is 1. The molecule has 0 unspecified atom stereocenters. The highest BCUT2D eigenvalue weighted by molar-refractivity contribution is 14.0. The van der Waals surface area contributed by atoms with Gasteiger partial charge in [-0.15, -0.1) is 24.0 Å². The van der Waals surface area contributed by atoms with Crippen LogP contribution in [-0.2, 0) is 21.9 Å². The van der Waals surface area contributed by atoms with Gasteiger partial charge in [0.2, 0.25) is 15.9 Å². The van der Waals surface area contributed by atoms with E-state index in [-0.39, 0.29) is 48.7 Å². The van der Waals surface area contributed by atoms with E-state index < -0.39 is 10.0 Å². The number of anilines is 1. The minimum atomic E-state index is -3.27. The number of aromatic nitrogens is 2. The quantitative estimate of drug-likeness (QED) is 0.300. The SMILES string of the molecule is CN=C(NCCS(=O)(=O)N1CCSCC1)N1CCN(c2cnn(C)c2)C(=O)C1.I. The number of guanidine groups is 1. The lowest BCUT2D eigenvalue weighted by atomic mass is 10.3. The largest absolute Gasteiger partial charge is 0.355 e. The van der Waals surface area contributed by atoms with E-state index in [4.69, 9.17) is 0 Å². The van der Waals surface area contributed by atoms with Gasteiger partial charge in [0, 0.05) is 64.5 Å². The van der Waals surface area contributed by atoms with Crippen molar-refractivity contribution in [1.82, 2.24) is 24.3 Å². The number of aryl methyl sites for hydroxylation is 1. The Kier molecular flexibility index (Phi) is 9.03. The van der Waals surface area contributed by atoms with Crippen LogP contribution in [0.3, 0.4) is 0 Å². The molecule has 13 heteroatoms. The third kappa shape index (κ3) is 6.21. The number of rotatable bonds is 5. The van der Waals surface area contributed by atoms with Crippen molar-refractivity contribution in [2.45, 2.75) is 0 Å². The number of halogens is 1. The number of sulfonamides is 1. The number of nitrogens with one attached hydrogen (secondary N) is 1. The van der Waals surface area contributed by atoms with E-state index in [9.17, 15) is 13.2 Å². The summed E-state index contributed by atoms with van der Waals surface area (Å²) in [6.07, 6.45) is 3.48. The van der Waals surface area contributed by atoms with Crippen molar-refractivity contribution in [3.05, 3.63) is 12.4 Å². The molecule has 0 spiro atoms. The van der Waals surface area contributed by atoms with Crippen molar-refractivity contribution in [3.8, 4) is 0 Å². The molecule has 1 aromatic rings. The maximum Gasteiger partial charge on any atom is 0.246 e. The molecule has 0 radical (unpaired) electrons. The van der Waals surface area contributed by atoms with Crippen molar-refractivity contribution < 1.29 is 13.2 Å². The van der Waals surface area contributed by atoms with Gasteiger partial charge in [-0.3, -0.25) is 14.5 Å². The Bertz CT molecular complexity index is 824. The van der Waals surface area contributed by atoms with Crippen LogP contribution in [-0.4, -0.2) is 103 Å². The molecule has 10 nitrogen and oxygen atoms in total. The van der Waals surface area contributed by atoms with Gasteiger partial charge in [0.15, 0.2) is 5.96 Å². The summed E-state index contributed by atoms with van der Waals surface area (Å²) in [4.78, 5) is 20.3. The summed E-state index contributed by atoms with van der Waals surface area (Å²) < 4.78 is 28.1. The second-order valence-electron chi connectivity index (χ2n) is 6.64. The Morgan fingerprint density at radius 3 is 2.59 bits per heavy atom. The number of hydrogen-bond donors (Lipinski definition) is 1. The highest BCUT2D eigenvalue weighted by atomic mass is 127. The Morgan fingerprint density at radius 1 is 1.28 bits per heavy atom. The van der Waals surface area contributed by atoms with Crippen molar-refractivity contribution >= 4 is 63.3 Å². The first-order valence-electron chi connectivity index (χ1n) is 9.21. The second kappa shape index (κ2) is 10.8. The third-order valence-electron chi connectivity index (χ3n) is 4.74. The summed E-state index contributed by atoms with van der Waals surface area (Å²) in [5.74, 6) is 2.21. The maximum atomic E-state index is 12.5. The van der Waals surface area contributed by atoms with Crippen LogP contribution in [0.15, 0.2) is 17.4 Å². The predicted molar refractivity (Wildman–Crippen MR) is 127 cm³/mol. The number of hydrogen-bond acceptors (Lipinski definition) is 6. The zero-order valence-corrected chi connectivity index (χ0v) is 20.6. The fourth-order valence-electron chi connectivity index (χ4n) is 3.25. The van der Waals surface area contributed by atoms with Gasteiger partial charge in [-0.05, 0) is 0 Å². The number of aliphatic imine (C=N–C) groups is 1. The highest BCUT2D eigenvalue weighted by Crippen LogP contribution is 2.16. The monoisotopic (exact) mass is 557 g/mol. The van der Waals surface area contributed by atoms with Crippen molar-refractivity contribution in [1.29, 1.82) is 0 Å². The predicted octanol–water partition coefficient (Wildman–Crippen LogP) is -0.359. The number of amides is 1. The van der Waals surface area contributed by atoms with Crippen LogP contribution < -0.4 is 10.2 Å². The second-order valence-corrected chi connectivity index (χ2v) is 9.95. The minimum Gasteiger partial charge on any atom is -0.355 e. The summed E-state index contributed by atoms with van der Waals surface area (Å²) in [5, 5.41) is 7.20. The first kappa shape index (κ1) is 24.2. The van der Waals surface area contributed by atoms with E-state index >= 15 is 0 Å². The van der Waals surface area contributed by atoms with Gasteiger partial charge in [-0.2, -0.15) is 16.9 Å². The lowest BCUT2D eigenvalue weighted by molar-refractivity contribution is -0.120. The van der Waals surface area contributed by atoms with Crippen molar-refractivity contribution in [2.75, 3.05) is 68.5 Å². The molecule has 1 amide bonds. The Hall–Kier alpha value is -1.06. The molecule has 0 aromatic carbocycles. The van der Waals surface area contributed by atoms with E-state index in [2.05, 4.69) is 15.4 Å². The topological polar surface area (TPSA) is 103 Å². The van der Waals surface area contributed by atoms with Crippen LogP contribution in [0, 0.1) is 0 Å². The molecule has 29 heavy (non-hydrogen) atoms. The molecule has 2 saturated heterocycles. The number of piperazine rings is 1. The van der Waals surface area contributed by atoms with E-state index in [0.717, 1.165) is 17.2 Å². The first-order valence-corrected chi connectivity index (χ1v) is 12.0. The van der Waals surface area contributed by atoms with Gasteiger partial charge in [0.25, 0.3) is 0 Å². The summed E-state index contributed by atoms with van der Waals surface area (Å²) in [6, 6.07) is 0. The van der Waals surface area contributed by atoms with Crippen LogP contribution >= 0.6 is 35.7 Å². The molecule has 3 heterocycles. The van der Waals surface area contributed by atoms with Gasteiger partial charge in [0.05, 0.1) is 17.6 Å². The molecular formula is C16H28IN7O3S2. The molecule has 0 saturated carbocycles. The van der Waals surface area contributed by atoms with E-state index in [1.54, 1.807) is 38.9 Å². The lowest BCUT2D eigenvalue weighted by Gasteiger charge is -2.35. The molecule has 1 N–H and O–H groups in total. The lowest BCUT2D eigenvalue weighted by Crippen LogP contribution is -2.56. The van der Waals surface area contributed by atoms with Crippen LogP contribution in [0.2, 0.25) is 0 Å². The molecule has 2 fully saturated rings. The molecular weight excluding hydrogens is 529 g/mol. The average Bonchev–Trinajstić information content (AvgIpc) is 3.12. The van der Waals surface area contributed by atoms with Gasteiger partial charge in [-0.25, -0.2) is 12.7 Å². The van der Waals surface area contributed by atoms with Gasteiger partial charge in [0.1, 0.15) is 6.54 Å². The molecule has 0 aliphatic carbocycles. The number of nitrogens with zero attached hydrogens (tertiary/aromatic N) is 6. The fraction of sp³-hybridized carbons (Fsp3) is 0.688. The standard InChI is InChI=1S/C16H27N7O3S2.HI/c1-17-16(18-3-10-28(25,26)22-6-8-27-9-7-22)21-4-5-23(15(24)13-21)14-11-19-20(2)12-14;/h11-12H,3-10,13H2,1-2H3,(H,17,18);1H. The van der Waals surface area contributed by atoms with Gasteiger partial charge >= 0.3 is 0 Å². The van der Waals surface area contributed by atoms with E-state index in [1.165, 1.54) is 0 Å². The Labute approximate surface area is 193 Å². The third-order valence-corrected chi connectivity index (χ3v) is 7.56. The molecule has 2 aliphatic rings. The summed E-state index contributed by atoms with van der Waals surface area (Å²) in [5.41, 5.74) is 0.779. The van der Waals surface area contributed by atoms with Gasteiger partial charge < -0.3 is 15.1 Å². The number of carbonyl (C=O) groups is 1. The van der Waals surface area contributed by atoms with E-state index in [1.807, 2.05) is 18.1 Å². The molecule has 2 aliphatic heterocycles.